The molecule has 2 nitrogen and oxygen atoms in total. The van der Waals surface area contributed by atoms with E-state index in [-0.39, 0.29) is 5.75 Å². The summed E-state index contributed by atoms with van der Waals surface area (Å²) < 4.78 is 40.8. The molecule has 1 aromatic rings. The zero-order chi connectivity index (χ0) is 16.0. The zero-order valence-corrected chi connectivity index (χ0v) is 13.1. The fourth-order valence-corrected chi connectivity index (χ4v) is 4.21. The second-order valence-electron chi connectivity index (χ2n) is 7.39. The Hall–Kier alpha value is -1.23. The van der Waals surface area contributed by atoms with Gasteiger partial charge in [0.15, 0.2) is 0 Å². The predicted octanol–water partition coefficient (Wildman–Crippen LogP) is 4.11. The quantitative estimate of drug-likeness (QED) is 0.780. The molecular weight excluding hydrogens is 303 g/mol. The first-order valence-electron chi connectivity index (χ1n) is 8.55. The highest BCUT2D eigenvalue weighted by Crippen LogP contribution is 2.54. The lowest BCUT2D eigenvalue weighted by Gasteiger charge is -2.19. The number of fused-ring (bicyclic) bond motifs is 1. The van der Waals surface area contributed by atoms with Crippen LogP contribution < -0.4 is 4.74 Å². The van der Waals surface area contributed by atoms with E-state index in [2.05, 4.69) is 9.64 Å². The van der Waals surface area contributed by atoms with Crippen LogP contribution in [-0.2, 0) is 6.42 Å². The van der Waals surface area contributed by atoms with Crippen molar-refractivity contribution in [3.8, 4) is 5.75 Å². The second-order valence-corrected chi connectivity index (χ2v) is 7.39. The molecule has 2 aliphatic carbocycles. The lowest BCUT2D eigenvalue weighted by Crippen LogP contribution is -2.26. The van der Waals surface area contributed by atoms with Crippen molar-refractivity contribution >= 4 is 0 Å². The number of benzene rings is 1. The van der Waals surface area contributed by atoms with Crippen molar-refractivity contribution in [2.75, 3.05) is 19.6 Å². The summed E-state index contributed by atoms with van der Waals surface area (Å²) in [5, 5.41) is 0. The van der Waals surface area contributed by atoms with Gasteiger partial charge in [-0.05, 0) is 67.1 Å². The van der Waals surface area contributed by atoms with Gasteiger partial charge >= 0.3 is 6.36 Å². The van der Waals surface area contributed by atoms with Gasteiger partial charge in [-0.2, -0.15) is 0 Å². The van der Waals surface area contributed by atoms with E-state index >= 15 is 0 Å². The second kappa shape index (κ2) is 5.69. The lowest BCUT2D eigenvalue weighted by atomic mass is 10.0. The number of nitrogens with zero attached hydrogens (tertiary/aromatic N) is 1. The largest absolute Gasteiger partial charge is 0.573 e. The van der Waals surface area contributed by atoms with Gasteiger partial charge in [-0.1, -0.05) is 12.1 Å². The minimum absolute atomic E-state index is 0.110. The molecule has 0 amide bonds. The van der Waals surface area contributed by atoms with Crippen molar-refractivity contribution in [1.82, 2.24) is 4.90 Å². The maximum absolute atomic E-state index is 12.3. The van der Waals surface area contributed by atoms with Gasteiger partial charge in [0.05, 0.1) is 0 Å². The maximum atomic E-state index is 12.3. The number of alkyl halides is 3. The summed E-state index contributed by atoms with van der Waals surface area (Å²) in [6, 6.07) is 6.41. The van der Waals surface area contributed by atoms with E-state index in [1.54, 1.807) is 6.07 Å². The molecule has 0 aromatic heterocycles. The molecular formula is C18H22F3NO. The number of likely N-dealkylation sites (tertiary alicyclic amines) is 1. The summed E-state index contributed by atoms with van der Waals surface area (Å²) in [6.45, 7) is 3.77. The summed E-state index contributed by atoms with van der Waals surface area (Å²) >= 11 is 0. The Bertz CT molecular complexity index is 558. The highest BCUT2D eigenvalue weighted by atomic mass is 19.4. The van der Waals surface area contributed by atoms with E-state index < -0.39 is 6.36 Å². The Morgan fingerprint density at radius 2 is 1.87 bits per heavy atom. The van der Waals surface area contributed by atoms with Crippen LogP contribution in [0.15, 0.2) is 24.3 Å². The van der Waals surface area contributed by atoms with Crippen molar-refractivity contribution in [3.63, 3.8) is 0 Å². The standard InChI is InChI=1S/C18H22F3NO/c19-18(20,21)23-14-3-1-2-12(8-14)6-7-15-16-10-22(11-17(15)16)9-13-4-5-13/h1-3,8,13,15-17H,4-7,9-11H2. The fourth-order valence-electron chi connectivity index (χ4n) is 4.21. The van der Waals surface area contributed by atoms with Crippen molar-refractivity contribution in [2.45, 2.75) is 32.0 Å². The van der Waals surface area contributed by atoms with Gasteiger partial charge in [0.2, 0.25) is 0 Å². The molecule has 2 unspecified atom stereocenters. The molecule has 2 atom stereocenters. The van der Waals surface area contributed by atoms with Crippen molar-refractivity contribution in [2.24, 2.45) is 23.7 Å². The van der Waals surface area contributed by atoms with E-state index in [0.29, 0.717) is 0 Å². The van der Waals surface area contributed by atoms with Crippen LogP contribution in [-0.4, -0.2) is 30.9 Å². The van der Waals surface area contributed by atoms with E-state index in [1.165, 1.54) is 44.6 Å². The fraction of sp³-hybridized carbons (Fsp3) is 0.667. The van der Waals surface area contributed by atoms with Crippen molar-refractivity contribution in [1.29, 1.82) is 0 Å². The normalized spacial score (nSPS) is 30.3. The third kappa shape index (κ3) is 3.82. The third-order valence-electron chi connectivity index (χ3n) is 5.56. The Morgan fingerprint density at radius 3 is 2.52 bits per heavy atom. The smallest absolute Gasteiger partial charge is 0.406 e. The molecule has 2 saturated carbocycles. The highest BCUT2D eigenvalue weighted by Gasteiger charge is 2.54. The topological polar surface area (TPSA) is 12.5 Å². The SMILES string of the molecule is FC(F)(F)Oc1cccc(CCC2C3CN(CC4CC4)CC23)c1. The number of hydrogen-bond donors (Lipinski definition) is 0. The van der Waals surface area contributed by atoms with Crippen LogP contribution in [0.5, 0.6) is 5.75 Å². The van der Waals surface area contributed by atoms with Crippen LogP contribution in [0.4, 0.5) is 13.2 Å². The van der Waals surface area contributed by atoms with Crippen LogP contribution in [0.1, 0.15) is 24.8 Å². The number of hydrogen-bond acceptors (Lipinski definition) is 2. The van der Waals surface area contributed by atoms with E-state index in [1.807, 2.05) is 6.07 Å². The van der Waals surface area contributed by atoms with Crippen LogP contribution in [0.25, 0.3) is 0 Å². The maximum Gasteiger partial charge on any atom is 0.573 e. The van der Waals surface area contributed by atoms with E-state index in [4.69, 9.17) is 0 Å². The summed E-state index contributed by atoms with van der Waals surface area (Å²) in [6.07, 6.45) is 0.131. The number of piperidine rings is 1. The van der Waals surface area contributed by atoms with Crippen LogP contribution >= 0.6 is 0 Å². The van der Waals surface area contributed by atoms with Gasteiger partial charge < -0.3 is 9.64 Å². The Balaban J connectivity index is 1.24. The average Bonchev–Trinajstić information content (AvgIpc) is 3.35. The summed E-state index contributed by atoms with van der Waals surface area (Å²) in [5.74, 6) is 3.30. The molecule has 1 aliphatic heterocycles. The van der Waals surface area contributed by atoms with E-state index in [9.17, 15) is 13.2 Å². The number of ether oxygens (including phenoxy) is 1. The molecule has 1 saturated heterocycles. The molecule has 4 rings (SSSR count). The van der Waals surface area contributed by atoms with Gasteiger partial charge in [-0.3, -0.25) is 0 Å². The summed E-state index contributed by atoms with van der Waals surface area (Å²) in [7, 11) is 0. The van der Waals surface area contributed by atoms with E-state index in [0.717, 1.165) is 42.1 Å². The molecule has 1 aromatic carbocycles. The van der Waals surface area contributed by atoms with Gasteiger partial charge in [0.1, 0.15) is 5.75 Å². The highest BCUT2D eigenvalue weighted by molar-refractivity contribution is 5.29. The number of halogens is 3. The monoisotopic (exact) mass is 325 g/mol. The number of aryl methyl sites for hydroxylation is 1. The molecule has 0 spiro atoms. The molecule has 3 aliphatic rings. The van der Waals surface area contributed by atoms with Gasteiger partial charge in [0.25, 0.3) is 0 Å². The molecule has 0 bridgehead atoms. The molecule has 5 heteroatoms. The third-order valence-corrected chi connectivity index (χ3v) is 5.56. The van der Waals surface area contributed by atoms with Crippen LogP contribution in [0, 0.1) is 23.7 Å². The molecule has 1 heterocycles. The number of rotatable bonds is 6. The van der Waals surface area contributed by atoms with Crippen molar-refractivity contribution < 1.29 is 17.9 Å². The van der Waals surface area contributed by atoms with Crippen LogP contribution in [0.2, 0.25) is 0 Å². The molecule has 126 valence electrons. The van der Waals surface area contributed by atoms with Crippen LogP contribution in [0.3, 0.4) is 0 Å². The Morgan fingerprint density at radius 1 is 1.13 bits per heavy atom. The first kappa shape index (κ1) is 15.3. The molecule has 23 heavy (non-hydrogen) atoms. The lowest BCUT2D eigenvalue weighted by molar-refractivity contribution is -0.274. The Labute approximate surface area is 134 Å². The zero-order valence-electron chi connectivity index (χ0n) is 13.1. The average molecular weight is 325 g/mol. The van der Waals surface area contributed by atoms with Gasteiger partial charge in [-0.25, -0.2) is 0 Å². The van der Waals surface area contributed by atoms with Gasteiger partial charge in [-0.15, -0.1) is 13.2 Å². The first-order valence-corrected chi connectivity index (χ1v) is 8.55. The summed E-state index contributed by atoms with van der Waals surface area (Å²) in [4.78, 5) is 2.61. The minimum Gasteiger partial charge on any atom is -0.406 e. The molecule has 3 fully saturated rings. The first-order chi connectivity index (χ1) is 11.0. The minimum atomic E-state index is -4.61. The molecule has 0 N–H and O–H groups in total. The summed E-state index contributed by atoms with van der Waals surface area (Å²) in [5.41, 5.74) is 0.937. The van der Waals surface area contributed by atoms with Crippen molar-refractivity contribution in [3.05, 3.63) is 29.8 Å². The molecule has 0 radical (unpaired) electrons. The Kier molecular flexibility index (Phi) is 3.79. The van der Waals surface area contributed by atoms with Gasteiger partial charge in [0, 0.05) is 19.6 Å². The predicted molar refractivity (Wildman–Crippen MR) is 81.1 cm³/mol.